The SMILES string of the molecule is CC(C)CC(=O)C1=C(O)C(=O)N(c2ccc(S(N)(=O)=O)cc2)C1c1cccs1. The number of thiophene rings is 1. The van der Waals surface area contributed by atoms with Gasteiger partial charge < -0.3 is 5.11 Å². The Morgan fingerprint density at radius 1 is 1.25 bits per heavy atom. The molecule has 9 heteroatoms. The lowest BCUT2D eigenvalue weighted by molar-refractivity contribution is -0.118. The van der Waals surface area contributed by atoms with Crippen LogP contribution >= 0.6 is 11.3 Å². The number of aliphatic hydroxyl groups excluding tert-OH is 1. The van der Waals surface area contributed by atoms with Crippen LogP contribution in [0.1, 0.15) is 31.2 Å². The summed E-state index contributed by atoms with van der Waals surface area (Å²) in [6.45, 7) is 3.77. The van der Waals surface area contributed by atoms with E-state index in [1.54, 1.807) is 12.1 Å². The van der Waals surface area contributed by atoms with Gasteiger partial charge in [-0.1, -0.05) is 19.9 Å². The van der Waals surface area contributed by atoms with E-state index < -0.39 is 27.7 Å². The van der Waals surface area contributed by atoms with Crippen molar-refractivity contribution in [2.24, 2.45) is 11.1 Å². The molecule has 0 saturated carbocycles. The summed E-state index contributed by atoms with van der Waals surface area (Å²) in [5.41, 5.74) is 0.423. The van der Waals surface area contributed by atoms with Gasteiger partial charge in [0.1, 0.15) is 6.04 Å². The largest absolute Gasteiger partial charge is 0.503 e. The van der Waals surface area contributed by atoms with E-state index in [0.29, 0.717) is 5.69 Å². The van der Waals surface area contributed by atoms with Gasteiger partial charge in [0.05, 0.1) is 10.5 Å². The topological polar surface area (TPSA) is 118 Å². The predicted octanol–water partition coefficient (Wildman–Crippen LogP) is 2.91. The molecule has 0 saturated heterocycles. The van der Waals surface area contributed by atoms with E-state index in [9.17, 15) is 23.1 Å². The van der Waals surface area contributed by atoms with Gasteiger partial charge in [0.15, 0.2) is 11.5 Å². The first-order chi connectivity index (χ1) is 13.1. The third kappa shape index (κ3) is 3.73. The van der Waals surface area contributed by atoms with Gasteiger partial charge in [0, 0.05) is 17.0 Å². The van der Waals surface area contributed by atoms with Crippen LogP contribution in [0.4, 0.5) is 5.69 Å². The molecule has 0 radical (unpaired) electrons. The molecule has 3 N–H and O–H groups in total. The number of rotatable bonds is 6. The number of sulfonamides is 1. The zero-order valence-electron chi connectivity index (χ0n) is 15.3. The van der Waals surface area contributed by atoms with Crippen LogP contribution < -0.4 is 10.0 Å². The highest BCUT2D eigenvalue weighted by molar-refractivity contribution is 7.89. The molecule has 7 nitrogen and oxygen atoms in total. The van der Waals surface area contributed by atoms with Gasteiger partial charge in [0.2, 0.25) is 10.0 Å². The van der Waals surface area contributed by atoms with Crippen LogP contribution in [0.5, 0.6) is 0 Å². The maximum absolute atomic E-state index is 12.8. The molecule has 2 aromatic rings. The predicted molar refractivity (Wildman–Crippen MR) is 106 cm³/mol. The number of hydrogen-bond donors (Lipinski definition) is 2. The van der Waals surface area contributed by atoms with Crippen molar-refractivity contribution < 1.29 is 23.1 Å². The highest BCUT2D eigenvalue weighted by Crippen LogP contribution is 2.43. The lowest BCUT2D eigenvalue weighted by atomic mass is 9.95. The molecule has 148 valence electrons. The molecule has 1 atom stereocenters. The fourth-order valence-electron chi connectivity index (χ4n) is 3.15. The Balaban J connectivity index is 2.08. The first-order valence-corrected chi connectivity index (χ1v) is 11.0. The maximum atomic E-state index is 12.8. The normalized spacial score (nSPS) is 17.6. The van der Waals surface area contributed by atoms with Crippen molar-refractivity contribution in [2.45, 2.75) is 31.2 Å². The van der Waals surface area contributed by atoms with Crippen molar-refractivity contribution in [1.82, 2.24) is 0 Å². The second-order valence-electron chi connectivity index (χ2n) is 6.92. The van der Waals surface area contributed by atoms with Gasteiger partial charge in [-0.2, -0.15) is 0 Å². The quantitative estimate of drug-likeness (QED) is 0.745. The van der Waals surface area contributed by atoms with E-state index in [1.165, 1.54) is 40.5 Å². The average molecular weight is 421 g/mol. The number of Topliss-reactive ketones (excluding diaryl/α,β-unsaturated/α-hetero) is 1. The summed E-state index contributed by atoms with van der Waals surface area (Å²) in [4.78, 5) is 27.5. The van der Waals surface area contributed by atoms with E-state index in [1.807, 2.05) is 19.2 Å². The monoisotopic (exact) mass is 420 g/mol. The molecule has 0 bridgehead atoms. The number of carbonyl (C=O) groups is 2. The van der Waals surface area contributed by atoms with Crippen LogP contribution in [-0.2, 0) is 19.6 Å². The Kier molecular flexibility index (Phi) is 5.42. The number of anilines is 1. The number of aliphatic hydroxyl groups is 1. The number of nitrogens with zero attached hydrogens (tertiary/aromatic N) is 1. The molecule has 28 heavy (non-hydrogen) atoms. The van der Waals surface area contributed by atoms with Gasteiger partial charge >= 0.3 is 0 Å². The number of carbonyl (C=O) groups excluding carboxylic acids is 2. The maximum Gasteiger partial charge on any atom is 0.294 e. The highest BCUT2D eigenvalue weighted by Gasteiger charge is 2.44. The summed E-state index contributed by atoms with van der Waals surface area (Å²) in [5.74, 6) is -1.49. The fourth-order valence-corrected chi connectivity index (χ4v) is 4.49. The molecular formula is C19H20N2O5S2. The van der Waals surface area contributed by atoms with E-state index in [2.05, 4.69) is 0 Å². The minimum atomic E-state index is -3.88. The molecule has 3 rings (SSSR count). The Hall–Kier alpha value is -2.49. The zero-order valence-corrected chi connectivity index (χ0v) is 17.0. The van der Waals surface area contributed by atoms with Gasteiger partial charge in [-0.05, 0) is 41.6 Å². The number of ketones is 1. The van der Waals surface area contributed by atoms with E-state index in [0.717, 1.165) is 4.88 Å². The number of primary sulfonamides is 1. The van der Waals surface area contributed by atoms with Crippen LogP contribution in [-0.4, -0.2) is 25.2 Å². The summed E-state index contributed by atoms with van der Waals surface area (Å²) < 4.78 is 23.0. The molecule has 1 unspecified atom stereocenters. The first-order valence-electron chi connectivity index (χ1n) is 8.57. The van der Waals surface area contributed by atoms with E-state index in [-0.39, 0.29) is 28.6 Å². The Morgan fingerprint density at radius 3 is 2.39 bits per heavy atom. The van der Waals surface area contributed by atoms with Crippen LogP contribution in [0.3, 0.4) is 0 Å². The molecule has 0 fully saturated rings. The van der Waals surface area contributed by atoms with Crippen molar-refractivity contribution in [3.8, 4) is 0 Å². The second-order valence-corrected chi connectivity index (χ2v) is 9.46. The van der Waals surface area contributed by atoms with Crippen LogP contribution in [0, 0.1) is 5.92 Å². The van der Waals surface area contributed by atoms with Crippen molar-refractivity contribution >= 4 is 38.7 Å². The van der Waals surface area contributed by atoms with Gasteiger partial charge in [-0.15, -0.1) is 11.3 Å². The molecule has 0 spiro atoms. The minimum absolute atomic E-state index is 0.0648. The van der Waals surface area contributed by atoms with Crippen LogP contribution in [0.2, 0.25) is 0 Å². The summed E-state index contributed by atoms with van der Waals surface area (Å²) in [5, 5.41) is 17.4. The zero-order chi connectivity index (χ0) is 20.6. The number of hydrogen-bond acceptors (Lipinski definition) is 6. The molecule has 1 aromatic heterocycles. The Labute approximate surface area is 167 Å². The van der Waals surface area contributed by atoms with E-state index in [4.69, 9.17) is 5.14 Å². The van der Waals surface area contributed by atoms with Crippen LogP contribution in [0.15, 0.2) is 58.0 Å². The third-order valence-corrected chi connectivity index (χ3v) is 6.21. The molecule has 0 aliphatic carbocycles. The van der Waals surface area contributed by atoms with Crippen molar-refractivity contribution in [3.05, 3.63) is 58.0 Å². The lowest BCUT2D eigenvalue weighted by Gasteiger charge is -2.26. The van der Waals surface area contributed by atoms with Gasteiger partial charge in [0.25, 0.3) is 5.91 Å². The summed E-state index contributed by atoms with van der Waals surface area (Å²) in [6.07, 6.45) is 0.201. The molecular weight excluding hydrogens is 400 g/mol. The standard InChI is InChI=1S/C19H20N2O5S2/c1-11(2)10-14(22)16-17(15-4-3-9-27-15)21(19(24)18(16)23)12-5-7-13(8-6-12)28(20,25)26/h3-9,11,17,23H,10H2,1-2H3,(H2,20,25,26). The summed E-state index contributed by atoms with van der Waals surface area (Å²) in [6, 6.07) is 8.26. The average Bonchev–Trinajstić information content (AvgIpc) is 3.21. The van der Waals surface area contributed by atoms with Crippen molar-refractivity contribution in [2.75, 3.05) is 4.90 Å². The number of nitrogens with two attached hydrogens (primary N) is 1. The molecule has 1 aromatic carbocycles. The fraction of sp³-hybridized carbons (Fsp3) is 0.263. The smallest absolute Gasteiger partial charge is 0.294 e. The number of amides is 1. The first kappa shape index (κ1) is 20.2. The number of benzene rings is 1. The van der Waals surface area contributed by atoms with Crippen LogP contribution in [0.25, 0.3) is 0 Å². The molecule has 1 amide bonds. The van der Waals surface area contributed by atoms with Gasteiger partial charge in [-0.25, -0.2) is 13.6 Å². The summed E-state index contributed by atoms with van der Waals surface area (Å²) in [7, 11) is -3.88. The van der Waals surface area contributed by atoms with Crippen molar-refractivity contribution in [3.63, 3.8) is 0 Å². The minimum Gasteiger partial charge on any atom is -0.503 e. The highest BCUT2D eigenvalue weighted by atomic mass is 32.2. The molecule has 2 heterocycles. The third-order valence-electron chi connectivity index (χ3n) is 4.36. The summed E-state index contributed by atoms with van der Waals surface area (Å²) >= 11 is 1.36. The lowest BCUT2D eigenvalue weighted by Crippen LogP contribution is -2.30. The molecule has 1 aliphatic rings. The molecule has 1 aliphatic heterocycles. The second kappa shape index (κ2) is 7.50. The van der Waals surface area contributed by atoms with Gasteiger partial charge in [-0.3, -0.25) is 14.5 Å². The van der Waals surface area contributed by atoms with Crippen molar-refractivity contribution in [1.29, 1.82) is 0 Å². The Morgan fingerprint density at radius 2 is 1.89 bits per heavy atom. The Bertz CT molecular complexity index is 1040. The van der Waals surface area contributed by atoms with E-state index >= 15 is 0 Å².